The van der Waals surface area contributed by atoms with Crippen molar-refractivity contribution in [2.75, 3.05) is 24.5 Å². The number of aryl methyl sites for hydroxylation is 1. The molecule has 1 aromatic carbocycles. The quantitative estimate of drug-likeness (QED) is 0.886. The van der Waals surface area contributed by atoms with Crippen LogP contribution in [0, 0.1) is 0 Å². The summed E-state index contributed by atoms with van der Waals surface area (Å²) in [5, 5.41) is 3.68. The highest BCUT2D eigenvalue weighted by Gasteiger charge is 2.19. The van der Waals surface area contributed by atoms with Crippen molar-refractivity contribution in [3.63, 3.8) is 0 Å². The van der Waals surface area contributed by atoms with E-state index in [2.05, 4.69) is 35.3 Å². The van der Waals surface area contributed by atoms with Crippen molar-refractivity contribution in [1.29, 1.82) is 0 Å². The number of nitrogens with zero attached hydrogens (tertiary/aromatic N) is 1. The molecule has 2 aliphatic rings. The van der Waals surface area contributed by atoms with Gasteiger partial charge < -0.3 is 10.2 Å². The summed E-state index contributed by atoms with van der Waals surface area (Å²) in [7, 11) is 0. The number of anilines is 1. The first-order chi connectivity index (χ1) is 9.88. The van der Waals surface area contributed by atoms with Crippen LogP contribution >= 0.6 is 0 Å². The molecule has 1 aliphatic carbocycles. The van der Waals surface area contributed by atoms with Gasteiger partial charge in [0, 0.05) is 24.8 Å². The predicted molar refractivity (Wildman–Crippen MR) is 86.6 cm³/mol. The molecule has 1 aliphatic heterocycles. The van der Waals surface area contributed by atoms with E-state index in [0.717, 1.165) is 0 Å². The van der Waals surface area contributed by atoms with Gasteiger partial charge in [0.05, 0.1) is 0 Å². The molecule has 1 atom stereocenters. The molecule has 1 N–H and O–H groups in total. The Morgan fingerprint density at radius 1 is 1.15 bits per heavy atom. The van der Waals surface area contributed by atoms with Crippen molar-refractivity contribution >= 4 is 5.69 Å². The molecule has 20 heavy (non-hydrogen) atoms. The van der Waals surface area contributed by atoms with Crippen LogP contribution in [0.2, 0.25) is 0 Å². The number of nitrogens with one attached hydrogen (secondary N) is 1. The fourth-order valence-electron chi connectivity index (χ4n) is 3.75. The molecular formula is C18H28N2. The third-order valence-electron chi connectivity index (χ3n) is 4.99. The Morgan fingerprint density at radius 2 is 2.05 bits per heavy atom. The molecule has 1 saturated heterocycles. The van der Waals surface area contributed by atoms with Crippen LogP contribution < -0.4 is 10.2 Å². The maximum absolute atomic E-state index is 3.68. The average Bonchev–Trinajstić information content (AvgIpc) is 2.47. The summed E-state index contributed by atoms with van der Waals surface area (Å²) in [6.07, 6.45) is 9.12. The molecule has 1 aromatic rings. The number of fused-ring (bicyclic) bond motifs is 1. The number of hydrogen-bond donors (Lipinski definition) is 1. The monoisotopic (exact) mass is 272 g/mol. The van der Waals surface area contributed by atoms with Gasteiger partial charge in [-0.25, -0.2) is 0 Å². The highest BCUT2D eigenvalue weighted by Crippen LogP contribution is 2.31. The van der Waals surface area contributed by atoms with E-state index in [-0.39, 0.29) is 0 Å². The van der Waals surface area contributed by atoms with Crippen LogP contribution in [-0.4, -0.2) is 25.7 Å². The van der Waals surface area contributed by atoms with Crippen molar-refractivity contribution in [3.8, 4) is 0 Å². The Balaban J connectivity index is 1.80. The van der Waals surface area contributed by atoms with Crippen molar-refractivity contribution < 1.29 is 0 Å². The van der Waals surface area contributed by atoms with Crippen LogP contribution in [-0.2, 0) is 12.8 Å². The summed E-state index contributed by atoms with van der Waals surface area (Å²) < 4.78 is 0. The average molecular weight is 272 g/mol. The lowest BCUT2D eigenvalue weighted by atomic mass is 9.90. The lowest BCUT2D eigenvalue weighted by Gasteiger charge is -2.33. The molecule has 0 amide bonds. The van der Waals surface area contributed by atoms with Gasteiger partial charge in [0.1, 0.15) is 0 Å². The SMILES string of the molecule is CCC1CCN(c2cccc3c2CCCC3)CCCN1. The first-order valence-electron chi connectivity index (χ1n) is 8.47. The molecule has 0 radical (unpaired) electrons. The Bertz CT molecular complexity index is 441. The van der Waals surface area contributed by atoms with Crippen LogP contribution in [0.4, 0.5) is 5.69 Å². The largest absolute Gasteiger partial charge is 0.371 e. The zero-order valence-corrected chi connectivity index (χ0v) is 12.8. The van der Waals surface area contributed by atoms with Crippen molar-refractivity contribution in [1.82, 2.24) is 5.32 Å². The molecule has 0 saturated carbocycles. The summed E-state index contributed by atoms with van der Waals surface area (Å²) in [4.78, 5) is 2.66. The highest BCUT2D eigenvalue weighted by atomic mass is 15.1. The molecule has 0 bridgehead atoms. The first kappa shape index (κ1) is 13.9. The lowest BCUT2D eigenvalue weighted by Crippen LogP contribution is -2.40. The van der Waals surface area contributed by atoms with Gasteiger partial charge in [0.15, 0.2) is 0 Å². The summed E-state index contributed by atoms with van der Waals surface area (Å²) in [5.41, 5.74) is 4.81. The summed E-state index contributed by atoms with van der Waals surface area (Å²) >= 11 is 0. The predicted octanol–water partition coefficient (Wildman–Crippen LogP) is 3.53. The Morgan fingerprint density at radius 3 is 2.95 bits per heavy atom. The fourth-order valence-corrected chi connectivity index (χ4v) is 3.75. The molecule has 0 aromatic heterocycles. The minimum atomic E-state index is 0.706. The zero-order valence-electron chi connectivity index (χ0n) is 12.8. The molecule has 2 heteroatoms. The summed E-state index contributed by atoms with van der Waals surface area (Å²) in [6.45, 7) is 5.89. The van der Waals surface area contributed by atoms with Gasteiger partial charge in [-0.3, -0.25) is 0 Å². The number of benzene rings is 1. The van der Waals surface area contributed by atoms with Crippen molar-refractivity contribution in [2.45, 2.75) is 57.9 Å². The fraction of sp³-hybridized carbons (Fsp3) is 0.667. The van der Waals surface area contributed by atoms with E-state index in [1.165, 1.54) is 64.6 Å². The summed E-state index contributed by atoms with van der Waals surface area (Å²) in [6, 6.07) is 7.68. The van der Waals surface area contributed by atoms with E-state index < -0.39 is 0 Å². The Kier molecular flexibility index (Phi) is 4.62. The molecule has 1 fully saturated rings. The second-order valence-electron chi connectivity index (χ2n) is 6.31. The van der Waals surface area contributed by atoms with Crippen LogP contribution in [0.15, 0.2) is 18.2 Å². The van der Waals surface area contributed by atoms with Gasteiger partial charge in [-0.1, -0.05) is 19.1 Å². The Labute approximate surface area is 123 Å². The molecule has 110 valence electrons. The third-order valence-corrected chi connectivity index (χ3v) is 4.99. The van der Waals surface area contributed by atoms with Crippen molar-refractivity contribution in [3.05, 3.63) is 29.3 Å². The minimum absolute atomic E-state index is 0.706. The lowest BCUT2D eigenvalue weighted by molar-refractivity contribution is 0.439. The maximum atomic E-state index is 3.68. The summed E-state index contributed by atoms with van der Waals surface area (Å²) in [5.74, 6) is 0. The van der Waals surface area contributed by atoms with E-state index in [9.17, 15) is 0 Å². The van der Waals surface area contributed by atoms with Gasteiger partial charge in [0.2, 0.25) is 0 Å². The third kappa shape index (κ3) is 3.01. The molecule has 3 rings (SSSR count). The van der Waals surface area contributed by atoms with Gasteiger partial charge >= 0.3 is 0 Å². The van der Waals surface area contributed by atoms with E-state index in [1.807, 2.05) is 0 Å². The first-order valence-corrected chi connectivity index (χ1v) is 8.47. The zero-order chi connectivity index (χ0) is 13.8. The topological polar surface area (TPSA) is 15.3 Å². The minimum Gasteiger partial charge on any atom is -0.371 e. The number of hydrogen-bond acceptors (Lipinski definition) is 2. The molecule has 2 nitrogen and oxygen atoms in total. The maximum Gasteiger partial charge on any atom is 0.0401 e. The normalized spacial score (nSPS) is 23.9. The van der Waals surface area contributed by atoms with Gasteiger partial charge in [-0.2, -0.15) is 0 Å². The molecule has 1 unspecified atom stereocenters. The smallest absolute Gasteiger partial charge is 0.0401 e. The van der Waals surface area contributed by atoms with E-state index in [4.69, 9.17) is 0 Å². The second kappa shape index (κ2) is 6.62. The molecule has 0 spiro atoms. The van der Waals surface area contributed by atoms with Gasteiger partial charge in [0.25, 0.3) is 0 Å². The van der Waals surface area contributed by atoms with Crippen LogP contribution in [0.3, 0.4) is 0 Å². The highest BCUT2D eigenvalue weighted by molar-refractivity contribution is 5.57. The van der Waals surface area contributed by atoms with E-state index in [1.54, 1.807) is 16.8 Å². The van der Waals surface area contributed by atoms with Crippen molar-refractivity contribution in [2.24, 2.45) is 0 Å². The second-order valence-corrected chi connectivity index (χ2v) is 6.31. The van der Waals surface area contributed by atoms with Gasteiger partial charge in [-0.05, 0) is 68.7 Å². The van der Waals surface area contributed by atoms with Crippen LogP contribution in [0.25, 0.3) is 0 Å². The molecule has 1 heterocycles. The standard InChI is InChI=1S/C18H28N2/c1-2-16-11-14-20(13-6-12-19-16)18-10-5-8-15-7-3-4-9-17(15)18/h5,8,10,16,19H,2-4,6-7,9,11-14H2,1H3. The molecular weight excluding hydrogens is 244 g/mol. The van der Waals surface area contributed by atoms with E-state index in [0.29, 0.717) is 6.04 Å². The van der Waals surface area contributed by atoms with E-state index >= 15 is 0 Å². The van der Waals surface area contributed by atoms with Gasteiger partial charge in [-0.15, -0.1) is 0 Å². The Hall–Kier alpha value is -1.02. The van der Waals surface area contributed by atoms with Crippen LogP contribution in [0.5, 0.6) is 0 Å². The van der Waals surface area contributed by atoms with Crippen LogP contribution in [0.1, 0.15) is 50.2 Å². The number of rotatable bonds is 2.